The molecule has 2 N–H and O–H groups in total. The molecular formula is C15H19N3OS. The predicted octanol–water partition coefficient (Wildman–Crippen LogP) is 1.82. The predicted molar refractivity (Wildman–Crippen MR) is 83.3 cm³/mol. The van der Waals surface area contributed by atoms with Gasteiger partial charge in [-0.3, -0.25) is 4.79 Å². The molecular weight excluding hydrogens is 270 g/mol. The first kappa shape index (κ1) is 13.5. The van der Waals surface area contributed by atoms with Crippen LogP contribution in [0.15, 0.2) is 29.3 Å². The lowest BCUT2D eigenvalue weighted by Gasteiger charge is -2.27. The number of aryl methyl sites for hydroxylation is 1. The molecule has 2 heterocycles. The minimum absolute atomic E-state index is 0.253. The Kier molecular flexibility index (Phi) is 3.98. The number of aromatic nitrogens is 1. The summed E-state index contributed by atoms with van der Waals surface area (Å²) in [5.41, 5.74) is 2.30. The third-order valence-electron chi connectivity index (χ3n) is 3.83. The molecule has 5 heteroatoms. The summed E-state index contributed by atoms with van der Waals surface area (Å²) in [6.45, 7) is 3.46. The van der Waals surface area contributed by atoms with Crippen LogP contribution in [-0.4, -0.2) is 42.0 Å². The van der Waals surface area contributed by atoms with Crippen molar-refractivity contribution in [1.82, 2.24) is 15.2 Å². The second kappa shape index (κ2) is 5.89. The summed E-state index contributed by atoms with van der Waals surface area (Å²) in [5.74, 6) is 0.253. The number of carbonyl (C=O) groups is 1. The molecule has 0 radical (unpaired) electrons. The summed E-state index contributed by atoms with van der Waals surface area (Å²) < 4.78 is 0. The van der Waals surface area contributed by atoms with Crippen LogP contribution < -0.4 is 5.32 Å². The Balaban J connectivity index is 1.67. The summed E-state index contributed by atoms with van der Waals surface area (Å²) >= 11 is 4.38. The van der Waals surface area contributed by atoms with E-state index in [1.54, 1.807) is 0 Å². The molecule has 1 aliphatic heterocycles. The normalized spacial score (nSPS) is 15.8. The van der Waals surface area contributed by atoms with Crippen LogP contribution in [0, 0.1) is 0 Å². The smallest absolute Gasteiger partial charge is 0.222 e. The lowest BCUT2D eigenvalue weighted by atomic mass is 10.1. The second-order valence-electron chi connectivity index (χ2n) is 5.17. The van der Waals surface area contributed by atoms with Crippen LogP contribution in [0.3, 0.4) is 0 Å². The van der Waals surface area contributed by atoms with Gasteiger partial charge in [0.2, 0.25) is 5.91 Å². The Morgan fingerprint density at radius 3 is 2.90 bits per heavy atom. The fraction of sp³-hybridized carbons (Fsp3) is 0.400. The third-order valence-corrected chi connectivity index (χ3v) is 4.11. The number of benzene rings is 1. The maximum absolute atomic E-state index is 12.2. The molecule has 3 rings (SSSR count). The molecule has 0 atom stereocenters. The fourth-order valence-electron chi connectivity index (χ4n) is 2.69. The van der Waals surface area contributed by atoms with Gasteiger partial charge in [0.15, 0.2) is 0 Å². The minimum Gasteiger partial charge on any atom is -0.361 e. The molecule has 106 valence electrons. The largest absolute Gasteiger partial charge is 0.361 e. The maximum atomic E-state index is 12.2. The summed E-state index contributed by atoms with van der Waals surface area (Å²) in [4.78, 5) is 18.3. The van der Waals surface area contributed by atoms with Gasteiger partial charge in [0.1, 0.15) is 0 Å². The van der Waals surface area contributed by atoms with Crippen LogP contribution in [-0.2, 0) is 11.2 Å². The highest BCUT2D eigenvalue weighted by atomic mass is 32.1. The molecule has 0 bridgehead atoms. The molecule has 1 fully saturated rings. The van der Waals surface area contributed by atoms with Crippen LogP contribution in [0.5, 0.6) is 0 Å². The number of nitrogens with zero attached hydrogens (tertiary/aromatic N) is 1. The number of rotatable bonds is 3. The van der Waals surface area contributed by atoms with Crippen LogP contribution in [0.4, 0.5) is 0 Å². The Morgan fingerprint density at radius 1 is 1.30 bits per heavy atom. The molecule has 0 saturated carbocycles. The van der Waals surface area contributed by atoms with E-state index in [9.17, 15) is 4.79 Å². The van der Waals surface area contributed by atoms with E-state index < -0.39 is 0 Å². The van der Waals surface area contributed by atoms with Gasteiger partial charge in [0.05, 0.1) is 0 Å². The van der Waals surface area contributed by atoms with E-state index in [1.807, 2.05) is 23.2 Å². The number of H-pyrrole nitrogens is 1. The molecule has 1 aromatic carbocycles. The zero-order valence-corrected chi connectivity index (χ0v) is 12.2. The molecule has 20 heavy (non-hydrogen) atoms. The lowest BCUT2D eigenvalue weighted by molar-refractivity contribution is -0.131. The van der Waals surface area contributed by atoms with Gasteiger partial charge < -0.3 is 15.2 Å². The van der Waals surface area contributed by atoms with Gasteiger partial charge in [-0.1, -0.05) is 0 Å². The first-order chi connectivity index (χ1) is 9.74. The van der Waals surface area contributed by atoms with Crippen molar-refractivity contribution in [1.29, 1.82) is 0 Å². The highest BCUT2D eigenvalue weighted by Gasteiger charge is 2.16. The Labute approximate surface area is 123 Å². The number of fused-ring (bicyclic) bond motifs is 1. The molecule has 0 spiro atoms. The molecule has 1 aromatic heterocycles. The van der Waals surface area contributed by atoms with Crippen LogP contribution >= 0.6 is 12.6 Å². The quantitative estimate of drug-likeness (QED) is 0.755. The van der Waals surface area contributed by atoms with Crippen molar-refractivity contribution in [3.63, 3.8) is 0 Å². The summed E-state index contributed by atoms with van der Waals surface area (Å²) in [6.07, 6.45) is 3.35. The van der Waals surface area contributed by atoms with E-state index >= 15 is 0 Å². The van der Waals surface area contributed by atoms with E-state index in [-0.39, 0.29) is 5.91 Å². The average molecular weight is 289 g/mol. The van der Waals surface area contributed by atoms with Gasteiger partial charge in [-0.2, -0.15) is 0 Å². The Morgan fingerprint density at radius 2 is 2.10 bits per heavy atom. The molecule has 4 nitrogen and oxygen atoms in total. The first-order valence-electron chi connectivity index (χ1n) is 7.01. The summed E-state index contributed by atoms with van der Waals surface area (Å²) in [6, 6.07) is 6.05. The molecule has 1 aliphatic rings. The number of hydrogen-bond acceptors (Lipinski definition) is 3. The van der Waals surface area contributed by atoms with Gasteiger partial charge in [0, 0.05) is 54.6 Å². The zero-order chi connectivity index (χ0) is 13.9. The molecule has 1 saturated heterocycles. The van der Waals surface area contributed by atoms with Crippen LogP contribution in [0.25, 0.3) is 10.9 Å². The standard InChI is InChI=1S/C15H19N3OS/c19-15(18-7-5-16-6-8-18)4-1-11-10-17-14-3-2-12(20)9-13(11)14/h2-3,9-10,16-17,20H,1,4-8H2. The van der Waals surface area contributed by atoms with E-state index in [1.165, 1.54) is 10.9 Å². The van der Waals surface area contributed by atoms with Crippen molar-refractivity contribution in [2.24, 2.45) is 0 Å². The summed E-state index contributed by atoms with van der Waals surface area (Å²) in [5, 5.41) is 4.43. The minimum atomic E-state index is 0.253. The summed E-state index contributed by atoms with van der Waals surface area (Å²) in [7, 11) is 0. The number of carbonyl (C=O) groups excluding carboxylic acids is 1. The molecule has 0 unspecified atom stereocenters. The SMILES string of the molecule is O=C(CCc1c[nH]c2ccc(S)cc12)N1CCNCC1. The van der Waals surface area contributed by atoms with Crippen LogP contribution in [0.1, 0.15) is 12.0 Å². The second-order valence-corrected chi connectivity index (χ2v) is 5.69. The van der Waals surface area contributed by atoms with Crippen molar-refractivity contribution >= 4 is 29.4 Å². The fourth-order valence-corrected chi connectivity index (χ4v) is 2.89. The number of aromatic amines is 1. The monoisotopic (exact) mass is 289 g/mol. The van der Waals surface area contributed by atoms with E-state index in [4.69, 9.17) is 0 Å². The third kappa shape index (κ3) is 2.83. The Hall–Kier alpha value is -1.46. The number of thiol groups is 1. The topological polar surface area (TPSA) is 48.1 Å². The molecule has 1 amide bonds. The van der Waals surface area contributed by atoms with Crippen molar-refractivity contribution in [3.05, 3.63) is 30.0 Å². The highest BCUT2D eigenvalue weighted by Crippen LogP contribution is 2.22. The van der Waals surface area contributed by atoms with Crippen molar-refractivity contribution in [2.75, 3.05) is 26.2 Å². The van der Waals surface area contributed by atoms with Gasteiger partial charge >= 0.3 is 0 Å². The van der Waals surface area contributed by atoms with Crippen LogP contribution in [0.2, 0.25) is 0 Å². The van der Waals surface area contributed by atoms with Crippen molar-refractivity contribution in [3.8, 4) is 0 Å². The van der Waals surface area contributed by atoms with E-state index in [0.29, 0.717) is 6.42 Å². The van der Waals surface area contributed by atoms with Gasteiger partial charge in [0.25, 0.3) is 0 Å². The number of nitrogens with one attached hydrogen (secondary N) is 2. The van der Waals surface area contributed by atoms with Gasteiger partial charge in [-0.25, -0.2) is 0 Å². The van der Waals surface area contributed by atoms with Crippen molar-refractivity contribution in [2.45, 2.75) is 17.7 Å². The molecule has 2 aromatic rings. The lowest BCUT2D eigenvalue weighted by Crippen LogP contribution is -2.46. The average Bonchev–Trinajstić information content (AvgIpc) is 2.88. The number of piperazine rings is 1. The zero-order valence-electron chi connectivity index (χ0n) is 11.4. The number of hydrogen-bond donors (Lipinski definition) is 3. The number of amides is 1. The van der Waals surface area contributed by atoms with Crippen molar-refractivity contribution < 1.29 is 4.79 Å². The van der Waals surface area contributed by atoms with Gasteiger partial charge in [-0.05, 0) is 30.2 Å². The van der Waals surface area contributed by atoms with Gasteiger partial charge in [-0.15, -0.1) is 12.6 Å². The molecule has 0 aliphatic carbocycles. The Bertz CT molecular complexity index is 617. The first-order valence-corrected chi connectivity index (χ1v) is 7.46. The maximum Gasteiger partial charge on any atom is 0.222 e. The highest BCUT2D eigenvalue weighted by molar-refractivity contribution is 7.80. The van der Waals surface area contributed by atoms with E-state index in [2.05, 4.69) is 29.0 Å². The van der Waals surface area contributed by atoms with E-state index in [0.717, 1.165) is 43.0 Å².